The quantitative estimate of drug-likeness (QED) is 0.280. The molecular formula is C20H34F2IN5O. The van der Waals surface area contributed by atoms with E-state index in [1.54, 1.807) is 23.9 Å². The summed E-state index contributed by atoms with van der Waals surface area (Å²) >= 11 is 0. The summed E-state index contributed by atoms with van der Waals surface area (Å²) in [5.74, 6) is -0.584. The molecule has 0 aliphatic heterocycles. The lowest BCUT2D eigenvalue weighted by atomic mass is 10.0. The van der Waals surface area contributed by atoms with E-state index in [-0.39, 0.29) is 42.0 Å². The Kier molecular flexibility index (Phi) is 13.7. The summed E-state index contributed by atoms with van der Waals surface area (Å²) < 4.78 is 28.4. The summed E-state index contributed by atoms with van der Waals surface area (Å²) in [4.78, 5) is 20.1. The monoisotopic (exact) mass is 525 g/mol. The predicted molar refractivity (Wildman–Crippen MR) is 125 cm³/mol. The summed E-state index contributed by atoms with van der Waals surface area (Å²) in [5, 5.41) is 6.21. The van der Waals surface area contributed by atoms with E-state index in [4.69, 9.17) is 0 Å². The van der Waals surface area contributed by atoms with Crippen LogP contribution in [0.25, 0.3) is 0 Å². The lowest BCUT2D eigenvalue weighted by Crippen LogP contribution is -2.40. The van der Waals surface area contributed by atoms with Crippen molar-refractivity contribution in [2.24, 2.45) is 4.99 Å². The fraction of sp³-hybridized carbons (Fsp3) is 0.600. The van der Waals surface area contributed by atoms with Gasteiger partial charge in [-0.3, -0.25) is 9.79 Å². The number of carbonyl (C=O) groups is 1. The minimum absolute atomic E-state index is 0. The van der Waals surface area contributed by atoms with Gasteiger partial charge in [-0.25, -0.2) is 8.78 Å². The van der Waals surface area contributed by atoms with Crippen LogP contribution in [-0.4, -0.2) is 68.5 Å². The lowest BCUT2D eigenvalue weighted by Gasteiger charge is -2.24. The van der Waals surface area contributed by atoms with Crippen LogP contribution in [0, 0.1) is 11.6 Å². The first-order valence-corrected chi connectivity index (χ1v) is 9.75. The second kappa shape index (κ2) is 14.5. The molecule has 29 heavy (non-hydrogen) atoms. The molecule has 6 nitrogen and oxygen atoms in total. The van der Waals surface area contributed by atoms with E-state index in [1.165, 1.54) is 18.2 Å². The van der Waals surface area contributed by atoms with Gasteiger partial charge in [-0.2, -0.15) is 0 Å². The molecule has 0 heterocycles. The Morgan fingerprint density at radius 1 is 1.10 bits per heavy atom. The van der Waals surface area contributed by atoms with Crippen LogP contribution >= 0.6 is 24.0 Å². The standard InChI is InChI=1S/C20H33F2N5O.HI/c1-6-23-20(24-13-12-18(28)27(7-2)8-3)25-14-17(26(4)5)19-15(21)10-9-11-16(19)22;/h9-11,17H,6-8,12-14H2,1-5H3,(H2,23,24,25);1H. The number of carbonyl (C=O) groups excluding carboxylic acids is 1. The molecule has 9 heteroatoms. The van der Waals surface area contributed by atoms with Gasteiger partial charge in [0.25, 0.3) is 0 Å². The number of nitrogens with one attached hydrogen (secondary N) is 2. The van der Waals surface area contributed by atoms with Gasteiger partial charge in [0.1, 0.15) is 11.6 Å². The van der Waals surface area contributed by atoms with E-state index in [2.05, 4.69) is 15.6 Å². The third-order valence-corrected chi connectivity index (χ3v) is 4.47. The van der Waals surface area contributed by atoms with Crippen molar-refractivity contribution in [3.8, 4) is 0 Å². The molecule has 1 amide bonds. The van der Waals surface area contributed by atoms with Crippen LogP contribution < -0.4 is 10.6 Å². The third kappa shape index (κ3) is 8.81. The zero-order valence-electron chi connectivity index (χ0n) is 18.0. The van der Waals surface area contributed by atoms with E-state index in [9.17, 15) is 13.6 Å². The van der Waals surface area contributed by atoms with Gasteiger partial charge < -0.3 is 20.4 Å². The number of likely N-dealkylation sites (N-methyl/N-ethyl adjacent to an activating group) is 1. The average Bonchev–Trinajstić information content (AvgIpc) is 2.64. The van der Waals surface area contributed by atoms with Crippen LogP contribution in [0.1, 0.15) is 38.8 Å². The van der Waals surface area contributed by atoms with Gasteiger partial charge in [0.05, 0.1) is 12.6 Å². The zero-order valence-corrected chi connectivity index (χ0v) is 20.3. The Bertz CT molecular complexity index is 634. The van der Waals surface area contributed by atoms with Crippen molar-refractivity contribution in [3.63, 3.8) is 0 Å². The van der Waals surface area contributed by atoms with Gasteiger partial charge in [-0.15, -0.1) is 24.0 Å². The Labute approximate surface area is 190 Å². The normalized spacial score (nSPS) is 12.3. The molecule has 166 valence electrons. The molecule has 0 spiro atoms. The molecular weight excluding hydrogens is 491 g/mol. The molecule has 0 aliphatic rings. The molecule has 0 bridgehead atoms. The Balaban J connectivity index is 0.00000784. The maximum Gasteiger partial charge on any atom is 0.224 e. The number of halogens is 3. The van der Waals surface area contributed by atoms with Gasteiger partial charge in [0, 0.05) is 38.2 Å². The minimum Gasteiger partial charge on any atom is -0.357 e. The highest BCUT2D eigenvalue weighted by molar-refractivity contribution is 14.0. The smallest absolute Gasteiger partial charge is 0.224 e. The van der Waals surface area contributed by atoms with Crippen LogP contribution in [0.5, 0.6) is 0 Å². The SMILES string of the molecule is CCNC(=NCC(c1c(F)cccc1F)N(C)C)NCCC(=O)N(CC)CC.I. The minimum atomic E-state index is -0.586. The van der Waals surface area contributed by atoms with Crippen molar-refractivity contribution in [1.82, 2.24) is 20.4 Å². The van der Waals surface area contributed by atoms with Crippen LogP contribution in [0.2, 0.25) is 0 Å². The largest absolute Gasteiger partial charge is 0.357 e. The van der Waals surface area contributed by atoms with Gasteiger partial charge in [0.2, 0.25) is 5.91 Å². The molecule has 1 atom stereocenters. The Morgan fingerprint density at radius 2 is 1.69 bits per heavy atom. The summed E-state index contributed by atoms with van der Waals surface area (Å²) in [5.41, 5.74) is 0.00353. The number of aliphatic imine (C=N–C) groups is 1. The van der Waals surface area contributed by atoms with Crippen molar-refractivity contribution in [3.05, 3.63) is 35.4 Å². The maximum absolute atomic E-state index is 14.2. The first-order chi connectivity index (χ1) is 13.3. The number of benzene rings is 1. The lowest BCUT2D eigenvalue weighted by molar-refractivity contribution is -0.130. The van der Waals surface area contributed by atoms with Gasteiger partial charge in [0.15, 0.2) is 5.96 Å². The molecule has 1 aromatic rings. The molecule has 0 aromatic heterocycles. The number of nitrogens with zero attached hydrogens (tertiary/aromatic N) is 3. The molecule has 1 rings (SSSR count). The van der Waals surface area contributed by atoms with Gasteiger partial charge >= 0.3 is 0 Å². The summed E-state index contributed by atoms with van der Waals surface area (Å²) in [6.07, 6.45) is 0.352. The third-order valence-electron chi connectivity index (χ3n) is 4.47. The first kappa shape index (κ1) is 27.5. The summed E-state index contributed by atoms with van der Waals surface area (Å²) in [6.45, 7) is 8.43. The second-order valence-corrected chi connectivity index (χ2v) is 6.58. The van der Waals surface area contributed by atoms with Crippen LogP contribution in [0.4, 0.5) is 8.78 Å². The van der Waals surface area contributed by atoms with Crippen molar-refractivity contribution in [2.45, 2.75) is 33.2 Å². The number of guanidine groups is 1. The first-order valence-electron chi connectivity index (χ1n) is 9.75. The number of hydrogen-bond donors (Lipinski definition) is 2. The Hall–Kier alpha value is -1.49. The molecule has 0 radical (unpaired) electrons. The summed E-state index contributed by atoms with van der Waals surface area (Å²) in [7, 11) is 3.52. The highest BCUT2D eigenvalue weighted by Gasteiger charge is 2.22. The molecule has 1 aromatic carbocycles. The fourth-order valence-corrected chi connectivity index (χ4v) is 2.88. The average molecular weight is 525 g/mol. The molecule has 0 saturated heterocycles. The Morgan fingerprint density at radius 3 is 2.17 bits per heavy atom. The molecule has 1 unspecified atom stereocenters. The molecule has 2 N–H and O–H groups in total. The maximum atomic E-state index is 14.2. The molecule has 0 aliphatic carbocycles. The molecule has 0 fully saturated rings. The number of rotatable bonds is 10. The van der Waals surface area contributed by atoms with Crippen LogP contribution in [-0.2, 0) is 4.79 Å². The number of hydrogen-bond acceptors (Lipinski definition) is 3. The summed E-state index contributed by atoms with van der Waals surface area (Å²) in [6, 6.07) is 3.30. The van der Waals surface area contributed by atoms with E-state index in [0.717, 1.165) is 0 Å². The van der Waals surface area contributed by atoms with E-state index >= 15 is 0 Å². The van der Waals surface area contributed by atoms with Crippen molar-refractivity contribution in [2.75, 3.05) is 46.8 Å². The van der Waals surface area contributed by atoms with Gasteiger partial charge in [-0.05, 0) is 47.0 Å². The van der Waals surface area contributed by atoms with E-state index < -0.39 is 17.7 Å². The van der Waals surface area contributed by atoms with Gasteiger partial charge in [-0.1, -0.05) is 6.07 Å². The second-order valence-electron chi connectivity index (χ2n) is 6.58. The van der Waals surface area contributed by atoms with E-state index in [1.807, 2.05) is 20.8 Å². The van der Waals surface area contributed by atoms with Crippen LogP contribution in [0.15, 0.2) is 23.2 Å². The topological polar surface area (TPSA) is 60.0 Å². The molecule has 0 saturated carbocycles. The predicted octanol–water partition coefficient (Wildman–Crippen LogP) is 3.00. The van der Waals surface area contributed by atoms with Crippen LogP contribution in [0.3, 0.4) is 0 Å². The van der Waals surface area contributed by atoms with Crippen molar-refractivity contribution >= 4 is 35.8 Å². The highest BCUT2D eigenvalue weighted by Crippen LogP contribution is 2.24. The zero-order chi connectivity index (χ0) is 21.1. The van der Waals surface area contributed by atoms with Crippen molar-refractivity contribution < 1.29 is 13.6 Å². The highest BCUT2D eigenvalue weighted by atomic mass is 127. The fourth-order valence-electron chi connectivity index (χ4n) is 2.88. The van der Waals surface area contributed by atoms with Crippen molar-refractivity contribution in [1.29, 1.82) is 0 Å². The number of amides is 1. The van der Waals surface area contributed by atoms with E-state index in [0.29, 0.717) is 38.6 Å².